The average molecular weight is 353 g/mol. The van der Waals surface area contributed by atoms with E-state index in [4.69, 9.17) is 16.3 Å². The Morgan fingerprint density at radius 2 is 1.92 bits per heavy atom. The van der Waals surface area contributed by atoms with Crippen LogP contribution in [0.4, 0.5) is 4.79 Å². The second-order valence-corrected chi connectivity index (χ2v) is 6.25. The number of imide groups is 1. The molecule has 3 amide bonds. The Morgan fingerprint density at radius 3 is 2.58 bits per heavy atom. The van der Waals surface area contributed by atoms with Crippen LogP contribution in [0.3, 0.4) is 0 Å². The van der Waals surface area contributed by atoms with Crippen molar-refractivity contribution in [3.8, 4) is 0 Å². The molecule has 0 aromatic heterocycles. The van der Waals surface area contributed by atoms with Crippen molar-refractivity contribution in [3.05, 3.63) is 34.9 Å². The SMILES string of the molecule is C[C@H](OC(=O)Cc1ccccc1Cl)C(=O)NC(=O)NC1CCCC1. The summed E-state index contributed by atoms with van der Waals surface area (Å²) >= 11 is 5.98. The van der Waals surface area contributed by atoms with Crippen LogP contribution in [-0.4, -0.2) is 30.1 Å². The zero-order valence-corrected chi connectivity index (χ0v) is 14.3. The molecule has 2 N–H and O–H groups in total. The molecular formula is C17H21ClN2O4. The summed E-state index contributed by atoms with van der Waals surface area (Å²) in [6, 6.07) is 6.46. The van der Waals surface area contributed by atoms with E-state index in [0.29, 0.717) is 10.6 Å². The number of amides is 3. The Balaban J connectivity index is 1.77. The lowest BCUT2D eigenvalue weighted by molar-refractivity contribution is -0.153. The summed E-state index contributed by atoms with van der Waals surface area (Å²) < 4.78 is 5.05. The maximum Gasteiger partial charge on any atom is 0.321 e. The van der Waals surface area contributed by atoms with Gasteiger partial charge in [-0.05, 0) is 31.4 Å². The van der Waals surface area contributed by atoms with Gasteiger partial charge in [0.25, 0.3) is 5.91 Å². The van der Waals surface area contributed by atoms with Crippen molar-refractivity contribution < 1.29 is 19.1 Å². The second kappa shape index (κ2) is 8.68. The van der Waals surface area contributed by atoms with E-state index < -0.39 is 24.0 Å². The van der Waals surface area contributed by atoms with Gasteiger partial charge in [-0.3, -0.25) is 14.9 Å². The fourth-order valence-electron chi connectivity index (χ4n) is 2.59. The molecule has 7 heteroatoms. The third-order valence-electron chi connectivity index (χ3n) is 3.90. The van der Waals surface area contributed by atoms with Crippen molar-refractivity contribution in [1.29, 1.82) is 0 Å². The van der Waals surface area contributed by atoms with Gasteiger partial charge in [0.2, 0.25) is 0 Å². The summed E-state index contributed by atoms with van der Waals surface area (Å²) in [7, 11) is 0. The number of carbonyl (C=O) groups excluding carboxylic acids is 3. The van der Waals surface area contributed by atoms with E-state index in [1.54, 1.807) is 24.3 Å². The van der Waals surface area contributed by atoms with Crippen molar-refractivity contribution in [2.75, 3.05) is 0 Å². The molecule has 24 heavy (non-hydrogen) atoms. The smallest absolute Gasteiger partial charge is 0.321 e. The third-order valence-corrected chi connectivity index (χ3v) is 4.27. The Bertz CT molecular complexity index is 614. The molecule has 1 aliphatic carbocycles. The zero-order valence-electron chi connectivity index (χ0n) is 13.5. The van der Waals surface area contributed by atoms with Gasteiger partial charge >= 0.3 is 12.0 Å². The van der Waals surface area contributed by atoms with E-state index in [1.165, 1.54) is 6.92 Å². The number of urea groups is 1. The van der Waals surface area contributed by atoms with Crippen molar-refractivity contribution in [1.82, 2.24) is 10.6 Å². The lowest BCUT2D eigenvalue weighted by Crippen LogP contribution is -2.47. The molecule has 0 saturated heterocycles. The fourth-order valence-corrected chi connectivity index (χ4v) is 2.80. The first-order valence-corrected chi connectivity index (χ1v) is 8.37. The summed E-state index contributed by atoms with van der Waals surface area (Å²) in [5.74, 6) is -1.24. The van der Waals surface area contributed by atoms with Gasteiger partial charge in [-0.1, -0.05) is 42.6 Å². The number of rotatable bonds is 5. The zero-order chi connectivity index (χ0) is 17.5. The van der Waals surface area contributed by atoms with E-state index in [0.717, 1.165) is 25.7 Å². The number of carbonyl (C=O) groups is 3. The van der Waals surface area contributed by atoms with E-state index >= 15 is 0 Å². The maximum atomic E-state index is 11.9. The van der Waals surface area contributed by atoms with Crippen molar-refractivity contribution in [2.24, 2.45) is 0 Å². The lowest BCUT2D eigenvalue weighted by atomic mass is 10.1. The minimum Gasteiger partial charge on any atom is -0.452 e. The molecule has 0 heterocycles. The van der Waals surface area contributed by atoms with Crippen LogP contribution in [0.5, 0.6) is 0 Å². The minimum atomic E-state index is -1.06. The van der Waals surface area contributed by atoms with Crippen LogP contribution in [-0.2, 0) is 20.7 Å². The molecular weight excluding hydrogens is 332 g/mol. The topological polar surface area (TPSA) is 84.5 Å². The van der Waals surface area contributed by atoms with Gasteiger partial charge in [-0.2, -0.15) is 0 Å². The molecule has 0 unspecified atom stereocenters. The van der Waals surface area contributed by atoms with Crippen LogP contribution in [0.25, 0.3) is 0 Å². The van der Waals surface area contributed by atoms with E-state index in [2.05, 4.69) is 10.6 Å². The van der Waals surface area contributed by atoms with Crippen molar-refractivity contribution in [2.45, 2.75) is 51.2 Å². The Labute approximate surface area is 145 Å². The minimum absolute atomic E-state index is 0.0361. The molecule has 1 aliphatic rings. The third kappa shape index (κ3) is 5.53. The summed E-state index contributed by atoms with van der Waals surface area (Å²) in [6.45, 7) is 1.42. The van der Waals surface area contributed by atoms with Crippen LogP contribution in [0.2, 0.25) is 5.02 Å². The van der Waals surface area contributed by atoms with Gasteiger partial charge in [-0.25, -0.2) is 4.79 Å². The first-order chi connectivity index (χ1) is 11.5. The fraction of sp³-hybridized carbons (Fsp3) is 0.471. The van der Waals surface area contributed by atoms with E-state index in [1.807, 2.05) is 0 Å². The largest absolute Gasteiger partial charge is 0.452 e. The quantitative estimate of drug-likeness (QED) is 0.798. The summed E-state index contributed by atoms with van der Waals surface area (Å²) in [4.78, 5) is 35.5. The molecule has 6 nitrogen and oxygen atoms in total. The lowest BCUT2D eigenvalue weighted by Gasteiger charge is -2.15. The molecule has 0 bridgehead atoms. The number of benzene rings is 1. The molecule has 1 fully saturated rings. The Morgan fingerprint density at radius 1 is 1.25 bits per heavy atom. The molecule has 0 radical (unpaired) electrons. The Kier molecular flexibility index (Phi) is 6.61. The van der Waals surface area contributed by atoms with Crippen LogP contribution < -0.4 is 10.6 Å². The molecule has 1 atom stereocenters. The number of hydrogen-bond acceptors (Lipinski definition) is 4. The van der Waals surface area contributed by atoms with Gasteiger partial charge in [-0.15, -0.1) is 0 Å². The summed E-state index contributed by atoms with van der Waals surface area (Å²) in [6.07, 6.45) is 2.90. The predicted octanol–water partition coefficient (Wildman–Crippen LogP) is 2.58. The Hall–Kier alpha value is -2.08. The van der Waals surface area contributed by atoms with E-state index in [9.17, 15) is 14.4 Å². The van der Waals surface area contributed by atoms with E-state index in [-0.39, 0.29) is 12.5 Å². The predicted molar refractivity (Wildman–Crippen MR) is 89.6 cm³/mol. The molecule has 1 saturated carbocycles. The standard InChI is InChI=1S/C17H21ClN2O4/c1-11(16(22)20-17(23)19-13-7-3-4-8-13)24-15(21)10-12-6-2-5-9-14(12)18/h2,5-6,9,11,13H,3-4,7-8,10H2,1H3,(H2,19,20,22,23)/t11-/m0/s1. The number of halogens is 1. The van der Waals surface area contributed by atoms with Gasteiger partial charge in [0.1, 0.15) is 0 Å². The average Bonchev–Trinajstić information content (AvgIpc) is 3.02. The highest BCUT2D eigenvalue weighted by atomic mass is 35.5. The number of esters is 1. The molecule has 0 aliphatic heterocycles. The first kappa shape index (κ1) is 18.3. The van der Waals surface area contributed by atoms with Crippen LogP contribution in [0.1, 0.15) is 38.2 Å². The molecule has 0 spiro atoms. The van der Waals surface area contributed by atoms with Gasteiger partial charge in [0.15, 0.2) is 6.10 Å². The monoisotopic (exact) mass is 352 g/mol. The molecule has 1 aromatic carbocycles. The van der Waals surface area contributed by atoms with Gasteiger partial charge in [0, 0.05) is 11.1 Å². The van der Waals surface area contributed by atoms with Gasteiger partial charge < -0.3 is 10.1 Å². The maximum absolute atomic E-state index is 11.9. The molecule has 130 valence electrons. The normalized spacial score (nSPS) is 15.6. The molecule has 2 rings (SSSR count). The number of nitrogens with one attached hydrogen (secondary N) is 2. The van der Waals surface area contributed by atoms with Crippen LogP contribution in [0, 0.1) is 0 Å². The molecule has 1 aromatic rings. The first-order valence-electron chi connectivity index (χ1n) is 8.00. The van der Waals surface area contributed by atoms with Crippen molar-refractivity contribution in [3.63, 3.8) is 0 Å². The highest BCUT2D eigenvalue weighted by molar-refractivity contribution is 6.31. The highest BCUT2D eigenvalue weighted by Gasteiger charge is 2.22. The van der Waals surface area contributed by atoms with Crippen LogP contribution >= 0.6 is 11.6 Å². The summed E-state index contributed by atoms with van der Waals surface area (Å²) in [5.41, 5.74) is 0.621. The van der Waals surface area contributed by atoms with Crippen molar-refractivity contribution >= 4 is 29.5 Å². The number of ether oxygens (including phenoxy) is 1. The van der Waals surface area contributed by atoms with Gasteiger partial charge in [0.05, 0.1) is 6.42 Å². The number of hydrogen-bond donors (Lipinski definition) is 2. The van der Waals surface area contributed by atoms with Crippen LogP contribution in [0.15, 0.2) is 24.3 Å². The summed E-state index contributed by atoms with van der Waals surface area (Å²) in [5, 5.41) is 5.39. The highest BCUT2D eigenvalue weighted by Crippen LogP contribution is 2.17. The second-order valence-electron chi connectivity index (χ2n) is 5.84.